The molecule has 0 saturated heterocycles. The third-order valence-corrected chi connectivity index (χ3v) is 4.49. The van der Waals surface area contributed by atoms with Gasteiger partial charge in [0.25, 0.3) is 5.91 Å². The molecule has 2 unspecified atom stereocenters. The van der Waals surface area contributed by atoms with Gasteiger partial charge in [-0.25, -0.2) is 0 Å². The van der Waals surface area contributed by atoms with E-state index in [2.05, 4.69) is 12.2 Å². The van der Waals surface area contributed by atoms with Crippen molar-refractivity contribution in [2.24, 2.45) is 5.41 Å². The smallest absolute Gasteiger partial charge is 0.251 e. The predicted molar refractivity (Wildman–Crippen MR) is 82.1 cm³/mol. The topological polar surface area (TPSA) is 58.6 Å². The predicted octanol–water partition coefficient (Wildman–Crippen LogP) is 2.50. The first-order chi connectivity index (χ1) is 10.1. The molecule has 21 heavy (non-hydrogen) atoms. The number of nitrogens with one attached hydrogen (secondary N) is 1. The van der Waals surface area contributed by atoms with E-state index in [1.165, 1.54) is 0 Å². The van der Waals surface area contributed by atoms with Gasteiger partial charge < -0.3 is 15.2 Å². The van der Waals surface area contributed by atoms with Crippen molar-refractivity contribution in [1.82, 2.24) is 5.32 Å². The molecule has 2 rings (SSSR count). The molecule has 0 aliphatic heterocycles. The molecular formula is C17H25NO3. The molecule has 0 heterocycles. The van der Waals surface area contributed by atoms with Crippen LogP contribution >= 0.6 is 0 Å². The summed E-state index contributed by atoms with van der Waals surface area (Å²) in [6, 6.07) is 7.46. The summed E-state index contributed by atoms with van der Waals surface area (Å²) in [6.45, 7) is 2.98. The van der Waals surface area contributed by atoms with E-state index in [0.717, 1.165) is 31.2 Å². The van der Waals surface area contributed by atoms with Crippen LogP contribution in [0.1, 0.15) is 48.5 Å². The monoisotopic (exact) mass is 291 g/mol. The molecule has 1 saturated carbocycles. The first kappa shape index (κ1) is 16.0. The maximum atomic E-state index is 12.4. The lowest BCUT2D eigenvalue weighted by Gasteiger charge is -2.38. The Hall–Kier alpha value is -1.39. The summed E-state index contributed by atoms with van der Waals surface area (Å²) in [6.07, 6.45) is 3.63. The average molecular weight is 291 g/mol. The van der Waals surface area contributed by atoms with Gasteiger partial charge in [-0.15, -0.1) is 0 Å². The normalized spacial score (nSPS) is 25.6. The Kier molecular flexibility index (Phi) is 5.37. The number of hydrogen-bond donors (Lipinski definition) is 2. The van der Waals surface area contributed by atoms with Crippen LogP contribution in [0.25, 0.3) is 0 Å². The van der Waals surface area contributed by atoms with Gasteiger partial charge in [-0.05, 0) is 24.5 Å². The minimum Gasteiger partial charge on any atom is -0.392 e. The third kappa shape index (κ3) is 3.83. The molecule has 1 fully saturated rings. The lowest BCUT2D eigenvalue weighted by Crippen LogP contribution is -2.45. The third-order valence-electron chi connectivity index (χ3n) is 4.49. The van der Waals surface area contributed by atoms with Gasteiger partial charge >= 0.3 is 0 Å². The highest BCUT2D eigenvalue weighted by Gasteiger charge is 2.35. The number of hydrogen-bond acceptors (Lipinski definition) is 3. The number of aliphatic hydroxyl groups excluding tert-OH is 1. The first-order valence-corrected chi connectivity index (χ1v) is 7.60. The van der Waals surface area contributed by atoms with E-state index in [0.29, 0.717) is 18.7 Å². The van der Waals surface area contributed by atoms with Gasteiger partial charge in [0.15, 0.2) is 0 Å². The van der Waals surface area contributed by atoms with Gasteiger partial charge in [-0.2, -0.15) is 0 Å². The minimum absolute atomic E-state index is 0.0957. The van der Waals surface area contributed by atoms with E-state index in [-0.39, 0.29) is 17.4 Å². The van der Waals surface area contributed by atoms with E-state index >= 15 is 0 Å². The van der Waals surface area contributed by atoms with Gasteiger partial charge in [0, 0.05) is 24.6 Å². The van der Waals surface area contributed by atoms with Gasteiger partial charge in [0.1, 0.15) is 0 Å². The largest absolute Gasteiger partial charge is 0.392 e. The highest BCUT2D eigenvalue weighted by atomic mass is 16.5. The van der Waals surface area contributed by atoms with E-state index in [1.807, 2.05) is 24.3 Å². The van der Waals surface area contributed by atoms with E-state index in [1.54, 1.807) is 7.11 Å². The van der Waals surface area contributed by atoms with Gasteiger partial charge in [0.2, 0.25) is 0 Å². The second-order valence-corrected chi connectivity index (χ2v) is 6.19. The van der Waals surface area contributed by atoms with Crippen LogP contribution < -0.4 is 5.32 Å². The Balaban J connectivity index is 2.01. The van der Waals surface area contributed by atoms with Gasteiger partial charge in [-0.3, -0.25) is 4.79 Å². The van der Waals surface area contributed by atoms with Crippen molar-refractivity contribution in [2.45, 2.75) is 45.3 Å². The second kappa shape index (κ2) is 7.05. The summed E-state index contributed by atoms with van der Waals surface area (Å²) in [5.74, 6) is -0.0957. The summed E-state index contributed by atoms with van der Waals surface area (Å²) in [5.41, 5.74) is 1.31. The Bertz CT molecular complexity index is 489. The number of ether oxygens (including phenoxy) is 1. The van der Waals surface area contributed by atoms with Crippen molar-refractivity contribution in [1.29, 1.82) is 0 Å². The quantitative estimate of drug-likeness (QED) is 0.876. The number of rotatable bonds is 5. The summed E-state index contributed by atoms with van der Waals surface area (Å²) in [4.78, 5) is 12.4. The van der Waals surface area contributed by atoms with Gasteiger partial charge in [0.05, 0.1) is 12.7 Å². The van der Waals surface area contributed by atoms with Crippen molar-refractivity contribution < 1.29 is 14.6 Å². The average Bonchev–Trinajstić information content (AvgIpc) is 2.49. The molecule has 1 aromatic carbocycles. The summed E-state index contributed by atoms with van der Waals surface area (Å²) in [7, 11) is 1.62. The van der Waals surface area contributed by atoms with Crippen LogP contribution in [0.4, 0.5) is 0 Å². The Morgan fingerprint density at radius 2 is 2.19 bits per heavy atom. The molecule has 1 aromatic rings. The SMILES string of the molecule is COCc1ccccc1C(=O)NCC1(C)CCCCC1O. The van der Waals surface area contributed by atoms with Crippen LogP contribution in [0.15, 0.2) is 24.3 Å². The number of carbonyl (C=O) groups excluding carboxylic acids is 1. The highest BCUT2D eigenvalue weighted by Crippen LogP contribution is 2.35. The zero-order valence-electron chi connectivity index (χ0n) is 12.9. The first-order valence-electron chi connectivity index (χ1n) is 7.60. The fourth-order valence-corrected chi connectivity index (χ4v) is 2.99. The molecule has 2 atom stereocenters. The number of benzene rings is 1. The molecule has 4 nitrogen and oxygen atoms in total. The number of methoxy groups -OCH3 is 1. The van der Waals surface area contributed by atoms with Crippen molar-refractivity contribution in [3.8, 4) is 0 Å². The van der Waals surface area contributed by atoms with Crippen molar-refractivity contribution in [3.63, 3.8) is 0 Å². The molecule has 0 aromatic heterocycles. The fraction of sp³-hybridized carbons (Fsp3) is 0.588. The minimum atomic E-state index is -0.333. The molecular weight excluding hydrogens is 266 g/mol. The van der Waals surface area contributed by atoms with Crippen LogP contribution in [0.3, 0.4) is 0 Å². The van der Waals surface area contributed by atoms with Crippen molar-refractivity contribution in [3.05, 3.63) is 35.4 Å². The lowest BCUT2D eigenvalue weighted by atomic mass is 9.73. The molecule has 1 aliphatic carbocycles. The fourth-order valence-electron chi connectivity index (χ4n) is 2.99. The second-order valence-electron chi connectivity index (χ2n) is 6.19. The Morgan fingerprint density at radius 3 is 2.90 bits per heavy atom. The van der Waals surface area contributed by atoms with Crippen molar-refractivity contribution in [2.75, 3.05) is 13.7 Å². The molecule has 4 heteroatoms. The van der Waals surface area contributed by atoms with Crippen LogP contribution in [-0.2, 0) is 11.3 Å². The molecule has 1 amide bonds. The molecule has 1 aliphatic rings. The van der Waals surface area contributed by atoms with Gasteiger partial charge in [-0.1, -0.05) is 38.0 Å². The molecule has 2 N–H and O–H groups in total. The molecule has 0 spiro atoms. The maximum Gasteiger partial charge on any atom is 0.251 e. The lowest BCUT2D eigenvalue weighted by molar-refractivity contribution is 0.00189. The Labute approximate surface area is 126 Å². The Morgan fingerprint density at radius 1 is 1.43 bits per heavy atom. The van der Waals surface area contributed by atoms with E-state index in [9.17, 15) is 9.90 Å². The number of aliphatic hydroxyl groups is 1. The molecule has 0 radical (unpaired) electrons. The van der Waals surface area contributed by atoms with Crippen LogP contribution in [0, 0.1) is 5.41 Å². The zero-order chi connectivity index (χ0) is 15.3. The zero-order valence-corrected chi connectivity index (χ0v) is 12.9. The van der Waals surface area contributed by atoms with Crippen LogP contribution in [0.5, 0.6) is 0 Å². The van der Waals surface area contributed by atoms with E-state index < -0.39 is 0 Å². The number of amides is 1. The maximum absolute atomic E-state index is 12.4. The molecule has 116 valence electrons. The van der Waals surface area contributed by atoms with Crippen molar-refractivity contribution >= 4 is 5.91 Å². The van der Waals surface area contributed by atoms with Crippen LogP contribution in [-0.4, -0.2) is 30.8 Å². The molecule has 0 bridgehead atoms. The number of carbonyl (C=O) groups is 1. The highest BCUT2D eigenvalue weighted by molar-refractivity contribution is 5.95. The summed E-state index contributed by atoms with van der Waals surface area (Å²) < 4.78 is 5.13. The standard InChI is InChI=1S/C17H25NO3/c1-17(10-6-5-9-15(17)19)12-18-16(20)14-8-4-3-7-13(14)11-21-2/h3-4,7-8,15,19H,5-6,9-12H2,1-2H3,(H,18,20). The summed E-state index contributed by atoms with van der Waals surface area (Å²) in [5, 5.41) is 13.2. The summed E-state index contributed by atoms with van der Waals surface area (Å²) >= 11 is 0. The van der Waals surface area contributed by atoms with E-state index in [4.69, 9.17) is 4.74 Å². The van der Waals surface area contributed by atoms with Crippen LogP contribution in [0.2, 0.25) is 0 Å².